The van der Waals surface area contributed by atoms with Crippen LogP contribution in [0.5, 0.6) is 5.75 Å². The van der Waals surface area contributed by atoms with Crippen LogP contribution in [0.4, 0.5) is 11.4 Å². The quantitative estimate of drug-likeness (QED) is 0.647. The topological polar surface area (TPSA) is 88.1 Å². The number of aliphatic carboxylic acids is 1. The molecule has 0 spiro atoms. The van der Waals surface area contributed by atoms with Gasteiger partial charge in [-0.2, -0.15) is 0 Å². The minimum Gasteiger partial charge on any atom is -0.497 e. The lowest BCUT2D eigenvalue weighted by molar-refractivity contribution is -0.137. The van der Waals surface area contributed by atoms with Crippen molar-refractivity contribution in [1.82, 2.24) is 0 Å². The number of carboxylic acids is 1. The van der Waals surface area contributed by atoms with Gasteiger partial charge < -0.3 is 24.8 Å². The lowest BCUT2D eigenvalue weighted by Crippen LogP contribution is -2.50. The largest absolute Gasteiger partial charge is 0.497 e. The second-order valence-electron chi connectivity index (χ2n) is 6.57. The number of anilines is 2. The lowest BCUT2D eigenvalue weighted by atomic mass is 10.1. The van der Waals surface area contributed by atoms with Gasteiger partial charge in [0.15, 0.2) is 0 Å². The average molecular weight is 384 g/mol. The zero-order chi connectivity index (χ0) is 19.9. The van der Waals surface area contributed by atoms with Crippen LogP contribution in [0.3, 0.4) is 0 Å². The Labute approximate surface area is 163 Å². The van der Waals surface area contributed by atoms with Gasteiger partial charge in [0, 0.05) is 19.6 Å². The van der Waals surface area contributed by atoms with Crippen molar-refractivity contribution in [2.24, 2.45) is 0 Å². The molecule has 0 radical (unpaired) electrons. The van der Waals surface area contributed by atoms with E-state index in [1.54, 1.807) is 7.11 Å². The van der Waals surface area contributed by atoms with Crippen molar-refractivity contribution in [2.45, 2.75) is 25.4 Å². The van der Waals surface area contributed by atoms with Gasteiger partial charge in [0.25, 0.3) is 0 Å². The van der Waals surface area contributed by atoms with E-state index in [1.165, 1.54) is 0 Å². The van der Waals surface area contributed by atoms with Crippen molar-refractivity contribution in [2.75, 3.05) is 30.5 Å². The van der Waals surface area contributed by atoms with E-state index < -0.39 is 12.0 Å². The number of hydrogen-bond donors (Lipinski definition) is 2. The van der Waals surface area contributed by atoms with Gasteiger partial charge in [0.1, 0.15) is 11.8 Å². The standard InChI is InChI=1S/C21H24N2O5/c1-27-16-10-8-15(9-11-16)13-23-18-6-3-2-5-17(18)22-21(26)19(23)14-28-12-4-7-20(24)25/h2-3,5-6,8-11,19H,4,7,12-14H2,1H3,(H,22,26)(H,24,25). The Balaban J connectivity index is 1.75. The molecule has 3 rings (SSSR count). The number of nitrogens with zero attached hydrogens (tertiary/aromatic N) is 1. The monoisotopic (exact) mass is 384 g/mol. The van der Waals surface area contributed by atoms with Gasteiger partial charge in [-0.3, -0.25) is 9.59 Å². The van der Waals surface area contributed by atoms with E-state index in [4.69, 9.17) is 14.6 Å². The number of hydrogen-bond acceptors (Lipinski definition) is 5. The summed E-state index contributed by atoms with van der Waals surface area (Å²) < 4.78 is 10.8. The number of ether oxygens (including phenoxy) is 2. The van der Waals surface area contributed by atoms with Crippen LogP contribution in [0.2, 0.25) is 0 Å². The molecule has 1 unspecified atom stereocenters. The van der Waals surface area contributed by atoms with E-state index in [1.807, 2.05) is 53.4 Å². The molecule has 28 heavy (non-hydrogen) atoms. The number of benzene rings is 2. The summed E-state index contributed by atoms with van der Waals surface area (Å²) in [6.45, 7) is 1.03. The van der Waals surface area contributed by atoms with Crippen molar-refractivity contribution < 1.29 is 24.2 Å². The highest BCUT2D eigenvalue weighted by Crippen LogP contribution is 2.33. The van der Waals surface area contributed by atoms with Crippen LogP contribution in [0.15, 0.2) is 48.5 Å². The molecule has 7 heteroatoms. The van der Waals surface area contributed by atoms with E-state index in [2.05, 4.69) is 5.32 Å². The van der Waals surface area contributed by atoms with Crippen molar-refractivity contribution >= 4 is 23.3 Å². The Morgan fingerprint density at radius 1 is 1.18 bits per heavy atom. The molecule has 1 atom stereocenters. The second kappa shape index (κ2) is 9.23. The van der Waals surface area contributed by atoms with Gasteiger partial charge in [-0.15, -0.1) is 0 Å². The van der Waals surface area contributed by atoms with Gasteiger partial charge in [-0.05, 0) is 36.2 Å². The Hall–Kier alpha value is -3.06. The molecule has 0 saturated carbocycles. The average Bonchev–Trinajstić information content (AvgIpc) is 2.69. The van der Waals surface area contributed by atoms with E-state index in [9.17, 15) is 9.59 Å². The van der Waals surface area contributed by atoms with Crippen molar-refractivity contribution in [1.29, 1.82) is 0 Å². The molecule has 2 aromatic carbocycles. The highest BCUT2D eigenvalue weighted by atomic mass is 16.5. The van der Waals surface area contributed by atoms with Crippen LogP contribution in [-0.2, 0) is 20.9 Å². The highest BCUT2D eigenvalue weighted by Gasteiger charge is 2.33. The molecular formula is C21H24N2O5. The summed E-state index contributed by atoms with van der Waals surface area (Å²) in [5, 5.41) is 11.6. The normalized spacial score (nSPS) is 15.7. The first-order valence-electron chi connectivity index (χ1n) is 9.17. The summed E-state index contributed by atoms with van der Waals surface area (Å²) in [6.07, 6.45) is 0.466. The molecule has 0 aliphatic carbocycles. The number of carboxylic acid groups (broad SMARTS) is 1. The van der Waals surface area contributed by atoms with Crippen LogP contribution >= 0.6 is 0 Å². The van der Waals surface area contributed by atoms with Crippen LogP contribution < -0.4 is 15.0 Å². The fourth-order valence-electron chi connectivity index (χ4n) is 3.16. The van der Waals surface area contributed by atoms with E-state index in [0.29, 0.717) is 19.6 Å². The van der Waals surface area contributed by atoms with Gasteiger partial charge >= 0.3 is 5.97 Å². The van der Waals surface area contributed by atoms with Crippen molar-refractivity contribution in [3.63, 3.8) is 0 Å². The van der Waals surface area contributed by atoms with Gasteiger partial charge in [-0.25, -0.2) is 0 Å². The van der Waals surface area contributed by atoms with Crippen LogP contribution in [0, 0.1) is 0 Å². The third-order valence-corrected chi connectivity index (χ3v) is 4.62. The van der Waals surface area contributed by atoms with Gasteiger partial charge in [0.2, 0.25) is 5.91 Å². The molecule has 0 saturated heterocycles. The number of nitrogens with one attached hydrogen (secondary N) is 1. The third-order valence-electron chi connectivity index (χ3n) is 4.62. The van der Waals surface area contributed by atoms with Crippen LogP contribution in [-0.4, -0.2) is 43.3 Å². The number of para-hydroxylation sites is 2. The van der Waals surface area contributed by atoms with E-state index >= 15 is 0 Å². The van der Waals surface area contributed by atoms with Gasteiger partial charge in [-0.1, -0.05) is 24.3 Å². The zero-order valence-electron chi connectivity index (χ0n) is 15.8. The number of carbonyl (C=O) groups is 2. The Morgan fingerprint density at radius 3 is 2.64 bits per heavy atom. The molecule has 0 aromatic heterocycles. The fraction of sp³-hybridized carbons (Fsp3) is 0.333. The maximum atomic E-state index is 12.7. The molecule has 1 heterocycles. The number of methoxy groups -OCH3 is 1. The van der Waals surface area contributed by atoms with E-state index in [-0.39, 0.29) is 18.9 Å². The first kappa shape index (κ1) is 19.7. The summed E-state index contributed by atoms with van der Waals surface area (Å²) in [5.41, 5.74) is 2.74. The van der Waals surface area contributed by atoms with E-state index in [0.717, 1.165) is 22.7 Å². The Kier molecular flexibility index (Phi) is 6.49. The van der Waals surface area contributed by atoms with Crippen LogP contribution in [0.1, 0.15) is 18.4 Å². The predicted octanol–water partition coefficient (Wildman–Crippen LogP) is 2.90. The Bertz CT molecular complexity index is 822. The molecule has 2 N–H and O–H groups in total. The molecule has 0 bridgehead atoms. The minimum absolute atomic E-state index is 0.0509. The number of fused-ring (bicyclic) bond motifs is 1. The summed E-state index contributed by atoms with van der Waals surface area (Å²) in [7, 11) is 1.62. The second-order valence-corrected chi connectivity index (χ2v) is 6.57. The smallest absolute Gasteiger partial charge is 0.303 e. The molecule has 7 nitrogen and oxygen atoms in total. The number of carbonyl (C=O) groups excluding carboxylic acids is 1. The first-order chi connectivity index (χ1) is 13.6. The zero-order valence-corrected chi connectivity index (χ0v) is 15.8. The molecule has 1 aliphatic rings. The fourth-order valence-corrected chi connectivity index (χ4v) is 3.16. The number of amides is 1. The highest BCUT2D eigenvalue weighted by molar-refractivity contribution is 6.03. The lowest BCUT2D eigenvalue weighted by Gasteiger charge is -2.38. The maximum absolute atomic E-state index is 12.7. The van der Waals surface area contributed by atoms with Crippen molar-refractivity contribution in [3.8, 4) is 5.75 Å². The SMILES string of the molecule is COc1ccc(CN2c3ccccc3NC(=O)C2COCCCC(=O)O)cc1. The first-order valence-corrected chi connectivity index (χ1v) is 9.17. The Morgan fingerprint density at radius 2 is 1.93 bits per heavy atom. The van der Waals surface area contributed by atoms with Crippen molar-refractivity contribution in [3.05, 3.63) is 54.1 Å². The summed E-state index contributed by atoms with van der Waals surface area (Å²) >= 11 is 0. The molecule has 2 aromatic rings. The summed E-state index contributed by atoms with van der Waals surface area (Å²) in [4.78, 5) is 25.3. The van der Waals surface area contributed by atoms with Gasteiger partial charge in [0.05, 0.1) is 25.1 Å². The predicted molar refractivity (Wildman–Crippen MR) is 106 cm³/mol. The minimum atomic E-state index is -0.853. The third kappa shape index (κ3) is 4.80. The number of rotatable bonds is 9. The van der Waals surface area contributed by atoms with Crippen LogP contribution in [0.25, 0.3) is 0 Å². The summed E-state index contributed by atoms with van der Waals surface area (Å²) in [6, 6.07) is 14.9. The molecular weight excluding hydrogens is 360 g/mol. The molecule has 1 amide bonds. The molecule has 0 fully saturated rings. The summed E-state index contributed by atoms with van der Waals surface area (Å²) in [5.74, 6) is -0.210. The molecule has 148 valence electrons. The maximum Gasteiger partial charge on any atom is 0.303 e. The molecule has 1 aliphatic heterocycles.